The number of rotatable bonds is 2. The van der Waals surface area contributed by atoms with Crippen LogP contribution in [0.4, 0.5) is 4.39 Å². The summed E-state index contributed by atoms with van der Waals surface area (Å²) < 4.78 is 13.7. The topological polar surface area (TPSA) is 63.1 Å². The van der Waals surface area contributed by atoms with Gasteiger partial charge in [0.05, 0.1) is 5.69 Å². The number of carboxylic acid groups (broad SMARTS) is 1. The molecule has 1 N–H and O–H groups in total. The van der Waals surface area contributed by atoms with Gasteiger partial charge in [-0.25, -0.2) is 19.2 Å². The standard InChI is InChI=1S/C10H11FN2O2/c11-7-8(6-3-1-2-4-6)12-5-13-9(7)10(14)15/h5-6H,1-4H2,(H,14,15). The normalized spacial score (nSPS) is 16.9. The molecule has 15 heavy (non-hydrogen) atoms. The predicted octanol–water partition coefficient (Wildman–Crippen LogP) is 1.97. The van der Waals surface area contributed by atoms with Crippen LogP contribution in [0.3, 0.4) is 0 Å². The average molecular weight is 210 g/mol. The van der Waals surface area contributed by atoms with Crippen molar-refractivity contribution in [2.24, 2.45) is 0 Å². The number of aromatic carboxylic acids is 1. The van der Waals surface area contributed by atoms with Gasteiger partial charge in [-0.2, -0.15) is 0 Å². The van der Waals surface area contributed by atoms with Crippen molar-refractivity contribution in [1.82, 2.24) is 9.97 Å². The zero-order valence-corrected chi connectivity index (χ0v) is 8.11. The molecule has 1 aliphatic carbocycles. The van der Waals surface area contributed by atoms with Crippen molar-refractivity contribution in [3.63, 3.8) is 0 Å². The molecule has 0 radical (unpaired) electrons. The predicted molar refractivity (Wildman–Crippen MR) is 50.2 cm³/mol. The Labute approximate surface area is 86.2 Å². The van der Waals surface area contributed by atoms with Gasteiger partial charge in [-0.05, 0) is 12.8 Å². The van der Waals surface area contributed by atoms with Gasteiger partial charge < -0.3 is 5.11 Å². The fourth-order valence-corrected chi connectivity index (χ4v) is 2.02. The highest BCUT2D eigenvalue weighted by Crippen LogP contribution is 2.34. The number of nitrogens with zero attached hydrogens (tertiary/aromatic N) is 2. The highest BCUT2D eigenvalue weighted by molar-refractivity contribution is 5.85. The highest BCUT2D eigenvalue weighted by Gasteiger charge is 2.25. The molecule has 0 aromatic carbocycles. The van der Waals surface area contributed by atoms with Crippen molar-refractivity contribution in [2.45, 2.75) is 31.6 Å². The fourth-order valence-electron chi connectivity index (χ4n) is 2.02. The number of hydrogen-bond donors (Lipinski definition) is 1. The van der Waals surface area contributed by atoms with Gasteiger partial charge in [-0.1, -0.05) is 12.8 Å². The van der Waals surface area contributed by atoms with Gasteiger partial charge in [-0.15, -0.1) is 0 Å². The lowest BCUT2D eigenvalue weighted by Crippen LogP contribution is -2.10. The molecular formula is C10H11FN2O2. The second-order valence-corrected chi connectivity index (χ2v) is 3.71. The van der Waals surface area contributed by atoms with Gasteiger partial charge in [0, 0.05) is 5.92 Å². The summed E-state index contributed by atoms with van der Waals surface area (Å²) in [6, 6.07) is 0. The molecule has 1 aliphatic rings. The molecule has 0 spiro atoms. The second kappa shape index (κ2) is 3.92. The molecular weight excluding hydrogens is 199 g/mol. The molecule has 1 heterocycles. The molecule has 5 heteroatoms. The van der Waals surface area contributed by atoms with E-state index in [-0.39, 0.29) is 11.6 Å². The van der Waals surface area contributed by atoms with E-state index in [2.05, 4.69) is 9.97 Å². The average Bonchev–Trinajstić information content (AvgIpc) is 2.70. The first-order valence-electron chi connectivity index (χ1n) is 4.94. The quantitative estimate of drug-likeness (QED) is 0.810. The van der Waals surface area contributed by atoms with E-state index in [1.807, 2.05) is 0 Å². The Hall–Kier alpha value is -1.52. The van der Waals surface area contributed by atoms with E-state index in [0.29, 0.717) is 0 Å². The molecule has 1 saturated carbocycles. The SMILES string of the molecule is O=C(O)c1ncnc(C2CCCC2)c1F. The van der Waals surface area contributed by atoms with Gasteiger partial charge in [-0.3, -0.25) is 0 Å². The van der Waals surface area contributed by atoms with E-state index in [4.69, 9.17) is 5.11 Å². The lowest BCUT2D eigenvalue weighted by atomic mass is 10.0. The Morgan fingerprint density at radius 2 is 2.07 bits per heavy atom. The number of carbonyl (C=O) groups is 1. The van der Waals surface area contributed by atoms with Crippen molar-refractivity contribution >= 4 is 5.97 Å². The summed E-state index contributed by atoms with van der Waals surface area (Å²) in [7, 11) is 0. The van der Waals surface area contributed by atoms with Crippen molar-refractivity contribution in [3.05, 3.63) is 23.5 Å². The monoisotopic (exact) mass is 210 g/mol. The molecule has 0 bridgehead atoms. The zero-order valence-electron chi connectivity index (χ0n) is 8.11. The summed E-state index contributed by atoms with van der Waals surface area (Å²) in [4.78, 5) is 17.9. The van der Waals surface area contributed by atoms with Gasteiger partial charge in [0.2, 0.25) is 0 Å². The van der Waals surface area contributed by atoms with Gasteiger partial charge in [0.25, 0.3) is 0 Å². The van der Waals surface area contributed by atoms with Crippen LogP contribution in [-0.4, -0.2) is 21.0 Å². The van der Waals surface area contributed by atoms with Crippen molar-refractivity contribution in [2.75, 3.05) is 0 Å². The van der Waals surface area contributed by atoms with E-state index in [0.717, 1.165) is 32.0 Å². The number of halogens is 1. The first-order chi connectivity index (χ1) is 7.20. The van der Waals surface area contributed by atoms with Crippen molar-refractivity contribution < 1.29 is 14.3 Å². The Morgan fingerprint density at radius 1 is 1.40 bits per heavy atom. The zero-order chi connectivity index (χ0) is 10.8. The minimum absolute atomic E-state index is 0.0612. The van der Waals surface area contributed by atoms with E-state index in [1.165, 1.54) is 0 Å². The summed E-state index contributed by atoms with van der Waals surface area (Å²) in [6.07, 6.45) is 4.99. The minimum Gasteiger partial charge on any atom is -0.476 e. The van der Waals surface area contributed by atoms with Gasteiger partial charge in [0.15, 0.2) is 11.5 Å². The first kappa shape index (κ1) is 10.0. The first-order valence-corrected chi connectivity index (χ1v) is 4.94. The number of carboxylic acids is 1. The van der Waals surface area contributed by atoms with Crippen LogP contribution in [0.2, 0.25) is 0 Å². The molecule has 80 valence electrons. The molecule has 0 unspecified atom stereocenters. The van der Waals surface area contributed by atoms with Gasteiger partial charge in [0.1, 0.15) is 6.33 Å². The second-order valence-electron chi connectivity index (χ2n) is 3.71. The van der Waals surface area contributed by atoms with Crippen LogP contribution in [0.25, 0.3) is 0 Å². The molecule has 0 amide bonds. The molecule has 1 aromatic rings. The Bertz CT molecular complexity index is 389. The van der Waals surface area contributed by atoms with Crippen molar-refractivity contribution in [1.29, 1.82) is 0 Å². The van der Waals surface area contributed by atoms with Crippen LogP contribution in [0.5, 0.6) is 0 Å². The van der Waals surface area contributed by atoms with E-state index < -0.39 is 17.5 Å². The molecule has 0 saturated heterocycles. The largest absolute Gasteiger partial charge is 0.476 e. The molecule has 0 aliphatic heterocycles. The van der Waals surface area contributed by atoms with Crippen LogP contribution in [0.15, 0.2) is 6.33 Å². The Balaban J connectivity index is 2.39. The highest BCUT2D eigenvalue weighted by atomic mass is 19.1. The summed E-state index contributed by atoms with van der Waals surface area (Å²) in [5.74, 6) is -2.04. The third-order valence-electron chi connectivity index (χ3n) is 2.76. The van der Waals surface area contributed by atoms with E-state index in [9.17, 15) is 9.18 Å². The van der Waals surface area contributed by atoms with Crippen molar-refractivity contribution in [3.8, 4) is 0 Å². The maximum atomic E-state index is 13.7. The number of aromatic nitrogens is 2. The van der Waals surface area contributed by atoms with Crippen LogP contribution < -0.4 is 0 Å². The van der Waals surface area contributed by atoms with Gasteiger partial charge >= 0.3 is 5.97 Å². The van der Waals surface area contributed by atoms with Crippen LogP contribution in [0.1, 0.15) is 47.8 Å². The summed E-state index contributed by atoms with van der Waals surface area (Å²) in [5.41, 5.74) is -0.258. The maximum Gasteiger partial charge on any atom is 0.357 e. The smallest absolute Gasteiger partial charge is 0.357 e. The molecule has 0 atom stereocenters. The lowest BCUT2D eigenvalue weighted by molar-refractivity contribution is 0.0684. The Morgan fingerprint density at radius 3 is 2.67 bits per heavy atom. The maximum absolute atomic E-state index is 13.7. The fraction of sp³-hybridized carbons (Fsp3) is 0.500. The molecule has 4 nitrogen and oxygen atoms in total. The Kier molecular flexibility index (Phi) is 2.62. The minimum atomic E-state index is -1.34. The summed E-state index contributed by atoms with van der Waals surface area (Å²) >= 11 is 0. The molecule has 1 aromatic heterocycles. The lowest BCUT2D eigenvalue weighted by Gasteiger charge is -2.09. The third kappa shape index (κ3) is 1.82. The van der Waals surface area contributed by atoms with Crippen LogP contribution >= 0.6 is 0 Å². The summed E-state index contributed by atoms with van der Waals surface area (Å²) in [5, 5.41) is 8.70. The molecule has 2 rings (SSSR count). The van der Waals surface area contributed by atoms with Crippen LogP contribution in [-0.2, 0) is 0 Å². The third-order valence-corrected chi connectivity index (χ3v) is 2.76. The van der Waals surface area contributed by atoms with Crippen LogP contribution in [0, 0.1) is 5.82 Å². The van der Waals surface area contributed by atoms with E-state index in [1.54, 1.807) is 0 Å². The number of hydrogen-bond acceptors (Lipinski definition) is 3. The van der Waals surface area contributed by atoms with E-state index >= 15 is 0 Å². The molecule has 1 fully saturated rings. The summed E-state index contributed by atoms with van der Waals surface area (Å²) in [6.45, 7) is 0.